The maximum Gasteiger partial charge on any atom is 0.253 e. The molecule has 846 valence electrons. The molecule has 3 saturated heterocycles. The second-order valence-corrected chi connectivity index (χ2v) is 49.3. The quantitative estimate of drug-likeness (QED) is 0.0124. The molecule has 150 heavy (non-hydrogen) atoms. The molecule has 37 nitrogen and oxygen atoms in total. The van der Waals surface area contributed by atoms with Crippen molar-refractivity contribution in [3.8, 4) is 0 Å². The summed E-state index contributed by atoms with van der Waals surface area (Å²) in [6, 6.07) is 0.555. The zero-order chi connectivity index (χ0) is 113. The summed E-state index contributed by atoms with van der Waals surface area (Å²) in [6.45, 7) is 73.9. The molecule has 0 unspecified atom stereocenters. The number of hydrogen-bond donors (Lipinski definition) is 16. The Balaban J connectivity index is 0.000000357. The van der Waals surface area contributed by atoms with E-state index < -0.39 is 54.3 Å². The highest BCUT2D eigenvalue weighted by Gasteiger charge is 2.33. The van der Waals surface area contributed by atoms with Gasteiger partial charge in [0.05, 0.1) is 45.7 Å². The molecule has 0 atom stereocenters. The van der Waals surface area contributed by atoms with E-state index in [1.165, 1.54) is 0 Å². The second kappa shape index (κ2) is 61.8. The number of nitrogens with one attached hydrogen (secondary N) is 15. The lowest BCUT2D eigenvalue weighted by atomic mass is 9.90. The van der Waals surface area contributed by atoms with Crippen molar-refractivity contribution in [1.29, 1.82) is 0 Å². The van der Waals surface area contributed by atoms with Crippen LogP contribution in [0.2, 0.25) is 0 Å². The Kier molecular flexibility index (Phi) is 54.2. The van der Waals surface area contributed by atoms with Gasteiger partial charge in [-0.3, -0.25) is 76.7 Å². The molecule has 3 aliphatic heterocycles. The van der Waals surface area contributed by atoms with Crippen molar-refractivity contribution in [1.82, 2.24) is 0 Å². The standard InChI is InChI=1S/C16H26N2O3.C15H24N2O3.C14H22N2O3.C14H24N2O3.2C14H24N2O2.C13H22N2O3.C13H22N2O2/c1-16(2,3)7-4-8-17-12-13(15(20)14(12)19)18-11-5-9-21-10-6-11;1-15(2,3)5-4-6-16-11-12(14(19)13(11)18)17-7-9-20-10-8-17;1-14(2,3)5-4-6-15-10-11(13(18)12(10)17)16-9-7-19-8-9;1-14(2,3)6-5-7-15-10-11(13(18)12(10)17)16-8-9-19-4;1-9(2)16-11-10(12(17)13(11)18)15-8-6-7-14(3,4)5;1-5-8-15-10-11(13(18)12(10)17)16-9-6-7-14(2,3)4;1-13(2,3)5-4-6-14-9-10(15-7-8-16)12(18)11(9)17;1-5-14-9-10(12(17)11(9)16)15-8-6-7-13(2,3)4/h11,17-18H,4-10H2,1-3H3;16H,4-10H2,1-3H3;9,15-16H,4-8H2,1-3H3;15-16H,5-9H2,1-4H3;9,15-16H,6-8H2,1-5H3;15-16H,5-9H2,1-4H3;14-16H,4-8H2,1-3H3;14-15H,5-8H2,1-4H3. The number of nitrogens with zero attached hydrogens (tertiary/aromatic N) is 1. The first-order valence-electron chi connectivity index (χ1n) is 54.3. The van der Waals surface area contributed by atoms with E-state index in [1.54, 1.807) is 7.11 Å². The van der Waals surface area contributed by atoms with Gasteiger partial charge in [-0.25, -0.2) is 0 Å². The van der Waals surface area contributed by atoms with Crippen LogP contribution in [0.3, 0.4) is 0 Å². The molecule has 0 amide bonds. The van der Waals surface area contributed by atoms with E-state index in [9.17, 15) is 76.7 Å². The van der Waals surface area contributed by atoms with E-state index in [1.807, 2.05) is 32.6 Å². The third-order valence-electron chi connectivity index (χ3n) is 24.7. The zero-order valence-corrected chi connectivity index (χ0v) is 96.3. The normalized spacial score (nSPS) is 13.8. The summed E-state index contributed by atoms with van der Waals surface area (Å²) in [4.78, 5) is 185. The van der Waals surface area contributed by atoms with E-state index in [2.05, 4.69) is 246 Å². The van der Waals surface area contributed by atoms with Gasteiger partial charge in [-0.1, -0.05) is 173 Å². The first-order valence-corrected chi connectivity index (χ1v) is 54.3. The van der Waals surface area contributed by atoms with Gasteiger partial charge in [0.1, 0.15) is 91.0 Å². The Labute approximate surface area is 887 Å². The highest BCUT2D eigenvalue weighted by Crippen LogP contribution is 2.31. The maximum atomic E-state index is 11.7. The van der Waals surface area contributed by atoms with Crippen LogP contribution in [-0.4, -0.2) is 175 Å². The summed E-state index contributed by atoms with van der Waals surface area (Å²) in [5.41, 5.74) is 3.02. The molecule has 8 aromatic rings. The average molecular weight is 2110 g/mol. The van der Waals surface area contributed by atoms with Crippen LogP contribution in [0.25, 0.3) is 0 Å². The highest BCUT2D eigenvalue weighted by atomic mass is 16.5. The Morgan fingerprint density at radius 3 is 0.760 bits per heavy atom. The maximum absolute atomic E-state index is 11.7. The predicted molar refractivity (Wildman–Crippen MR) is 625 cm³/mol. The van der Waals surface area contributed by atoms with Gasteiger partial charge in [0.2, 0.25) is 0 Å². The minimum absolute atomic E-state index is 0.0672. The molecule has 3 aliphatic rings. The molecule has 0 spiro atoms. The summed E-state index contributed by atoms with van der Waals surface area (Å²) >= 11 is 0. The first-order chi connectivity index (χ1) is 69.8. The predicted octanol–water partition coefficient (Wildman–Crippen LogP) is 13.9. The Morgan fingerprint density at radius 2 is 0.507 bits per heavy atom. The van der Waals surface area contributed by atoms with Gasteiger partial charge in [0.25, 0.3) is 86.9 Å². The molecule has 11 rings (SSSR count). The second-order valence-electron chi connectivity index (χ2n) is 49.3. The number of hydrogen-bond acceptors (Lipinski definition) is 37. The van der Waals surface area contributed by atoms with Crippen LogP contribution in [-0.2, 0) is 18.9 Å². The smallest absolute Gasteiger partial charge is 0.253 e. The molecule has 3 heterocycles. The monoisotopic (exact) mass is 2110 g/mol. The third kappa shape index (κ3) is 46.0. The highest BCUT2D eigenvalue weighted by molar-refractivity contribution is 5.79. The summed E-state index contributed by atoms with van der Waals surface area (Å²) in [7, 11) is 1.59. The van der Waals surface area contributed by atoms with Crippen molar-refractivity contribution in [3.63, 3.8) is 0 Å². The number of aliphatic hydroxyl groups excluding tert-OH is 1. The molecule has 0 aliphatic carbocycles. The molecule has 0 bridgehead atoms. The van der Waals surface area contributed by atoms with Gasteiger partial charge in [-0.15, -0.1) is 0 Å². The van der Waals surface area contributed by atoms with Crippen molar-refractivity contribution in [2.45, 2.75) is 334 Å². The van der Waals surface area contributed by atoms with Crippen molar-refractivity contribution in [3.05, 3.63) is 164 Å². The largest absolute Gasteiger partial charge is 0.395 e. The van der Waals surface area contributed by atoms with Crippen LogP contribution in [0, 0.1) is 43.3 Å². The minimum Gasteiger partial charge on any atom is -0.395 e. The van der Waals surface area contributed by atoms with Crippen LogP contribution < -0.4 is 172 Å². The van der Waals surface area contributed by atoms with E-state index >= 15 is 0 Å². The molecular formula is C113H188N16O21. The van der Waals surface area contributed by atoms with Crippen molar-refractivity contribution in [2.24, 2.45) is 43.3 Å². The fraction of sp³-hybridized carbons (Fsp3) is 0.717. The van der Waals surface area contributed by atoms with E-state index in [0.29, 0.717) is 209 Å². The first kappa shape index (κ1) is 132. The Morgan fingerprint density at radius 1 is 0.280 bits per heavy atom. The summed E-state index contributed by atoms with van der Waals surface area (Å²) < 4.78 is 20.5. The Bertz CT molecular complexity index is 5920. The average Bonchev–Trinajstić information content (AvgIpc) is 0.759. The molecule has 0 aromatic heterocycles. The number of ether oxygens (including phenoxy) is 4. The summed E-state index contributed by atoms with van der Waals surface area (Å²) in [6.07, 6.45) is 19.2. The summed E-state index contributed by atoms with van der Waals surface area (Å²) in [5.74, 6) is 0. The van der Waals surface area contributed by atoms with Gasteiger partial charge in [0.15, 0.2) is 0 Å². The van der Waals surface area contributed by atoms with Gasteiger partial charge in [-0.2, -0.15) is 0 Å². The lowest BCUT2D eigenvalue weighted by molar-refractivity contribution is 0.0210. The molecule has 37 heteroatoms. The van der Waals surface area contributed by atoms with Crippen molar-refractivity contribution in [2.75, 3.05) is 236 Å². The van der Waals surface area contributed by atoms with Crippen LogP contribution in [0.5, 0.6) is 0 Å². The number of anilines is 16. The lowest BCUT2D eigenvalue weighted by Gasteiger charge is -2.31. The zero-order valence-electron chi connectivity index (χ0n) is 96.3. The molecule has 0 saturated carbocycles. The van der Waals surface area contributed by atoms with Gasteiger partial charge < -0.3 is 109 Å². The number of rotatable bonds is 51. The molecule has 8 aromatic carbocycles. The van der Waals surface area contributed by atoms with E-state index in [4.69, 9.17) is 24.1 Å². The van der Waals surface area contributed by atoms with Gasteiger partial charge >= 0.3 is 0 Å². The Hall–Kier alpha value is -10.8. The SMILES string of the molecule is CC(C)(C)CCCNc1c(N2CCOCC2)c(=O)c1=O.CC(C)(C)CCCNc1c(NC2CCOCC2)c(=O)c1=O.CC(C)(C)CCCNc1c(NC2COC2)c(=O)c1=O.CC(C)(C)CCCNc1c(NCCO)c(=O)c1=O.CC(C)Nc1c(NCCCC(C)(C)C)c(=O)c1=O.CCCNc1c(NCCCC(C)(C)C)c(=O)c1=O.CCNc1c(NCCCC(C)(C)C)c(=O)c1=O.COCCNc1c(NCCCC(C)(C)C)c(=O)c1=O. The number of morpholine rings is 1. The lowest BCUT2D eigenvalue weighted by Crippen LogP contribution is -2.47. The van der Waals surface area contributed by atoms with E-state index in [-0.39, 0.29) is 74.7 Å². The molecule has 16 N–H and O–H groups in total. The molecule has 3 fully saturated rings. The number of aliphatic hydroxyl groups is 1. The molecular weight excluding hydrogens is 1920 g/mol. The van der Waals surface area contributed by atoms with Crippen LogP contribution in [0.1, 0.15) is 316 Å². The molecule has 0 radical (unpaired) electrons. The fourth-order valence-electron chi connectivity index (χ4n) is 16.0. The van der Waals surface area contributed by atoms with Crippen molar-refractivity contribution < 1.29 is 24.1 Å². The van der Waals surface area contributed by atoms with Gasteiger partial charge in [0, 0.05) is 124 Å². The van der Waals surface area contributed by atoms with Crippen LogP contribution >= 0.6 is 0 Å². The summed E-state index contributed by atoms with van der Waals surface area (Å²) in [5, 5.41) is 54.2. The van der Waals surface area contributed by atoms with Crippen molar-refractivity contribution >= 4 is 91.0 Å². The van der Waals surface area contributed by atoms with E-state index in [0.717, 1.165) is 168 Å². The van der Waals surface area contributed by atoms with Crippen LogP contribution in [0.4, 0.5) is 91.0 Å². The van der Waals surface area contributed by atoms with Crippen LogP contribution in [0.15, 0.2) is 76.7 Å². The topological polar surface area (TPSA) is 514 Å². The van der Waals surface area contributed by atoms with Gasteiger partial charge in [-0.05, 0) is 186 Å². The third-order valence-corrected chi connectivity index (χ3v) is 24.7. The number of methoxy groups -OCH3 is 1. The minimum atomic E-state index is -0.498. The fourth-order valence-corrected chi connectivity index (χ4v) is 16.0.